The lowest BCUT2D eigenvalue weighted by molar-refractivity contribution is 0.722. The highest BCUT2D eigenvalue weighted by Crippen LogP contribution is 2.26. The lowest BCUT2D eigenvalue weighted by atomic mass is 10.0. The van der Waals surface area contributed by atoms with Crippen molar-refractivity contribution in [3.05, 3.63) is 82.4 Å². The molecule has 0 radical (unpaired) electrons. The highest BCUT2D eigenvalue weighted by molar-refractivity contribution is 5.93. The van der Waals surface area contributed by atoms with E-state index >= 15 is 0 Å². The van der Waals surface area contributed by atoms with Crippen LogP contribution in [0.25, 0.3) is 27.7 Å². The molecule has 0 unspecified atom stereocenters. The van der Waals surface area contributed by atoms with Crippen LogP contribution in [0.15, 0.2) is 65.5 Å². The average molecular weight is 329 g/mol. The highest BCUT2D eigenvalue weighted by atomic mass is 16.1. The van der Waals surface area contributed by atoms with E-state index < -0.39 is 0 Å². The first-order valence-electron chi connectivity index (χ1n) is 8.28. The summed E-state index contributed by atoms with van der Waals surface area (Å²) in [4.78, 5) is 12.3. The van der Waals surface area contributed by atoms with E-state index in [-0.39, 0.29) is 5.56 Å². The van der Waals surface area contributed by atoms with Crippen LogP contribution in [0.1, 0.15) is 11.4 Å². The maximum absolute atomic E-state index is 12.3. The molecule has 0 saturated carbocycles. The van der Waals surface area contributed by atoms with Gasteiger partial charge in [-0.3, -0.25) is 4.79 Å². The predicted molar refractivity (Wildman–Crippen MR) is 101 cm³/mol. The fourth-order valence-electron chi connectivity index (χ4n) is 3.36. The Labute approximate surface area is 146 Å². The predicted octanol–water partition coefficient (Wildman–Crippen LogP) is 4.01. The molecule has 4 heteroatoms. The number of fused-ring (bicyclic) bond motifs is 1. The van der Waals surface area contributed by atoms with Crippen LogP contribution in [0.2, 0.25) is 0 Å². The van der Waals surface area contributed by atoms with Crippen LogP contribution in [-0.2, 0) is 7.05 Å². The first kappa shape index (κ1) is 15.4. The molecule has 25 heavy (non-hydrogen) atoms. The van der Waals surface area contributed by atoms with Gasteiger partial charge in [0.25, 0.3) is 5.56 Å². The Morgan fingerprint density at radius 2 is 1.40 bits per heavy atom. The summed E-state index contributed by atoms with van der Waals surface area (Å²) in [6.45, 7) is 4.20. The quantitative estimate of drug-likeness (QED) is 0.557. The van der Waals surface area contributed by atoms with Crippen LogP contribution < -0.4 is 5.56 Å². The first-order valence-corrected chi connectivity index (χ1v) is 8.28. The van der Waals surface area contributed by atoms with Gasteiger partial charge in [-0.2, -0.15) is 5.10 Å². The normalized spacial score (nSPS) is 11.2. The van der Waals surface area contributed by atoms with Crippen molar-refractivity contribution < 1.29 is 0 Å². The molecule has 0 fully saturated rings. The first-order chi connectivity index (χ1) is 12.1. The van der Waals surface area contributed by atoms with E-state index in [9.17, 15) is 4.79 Å². The van der Waals surface area contributed by atoms with Crippen molar-refractivity contribution in [2.45, 2.75) is 13.8 Å². The molecule has 4 nitrogen and oxygen atoms in total. The molecule has 2 aromatic heterocycles. The van der Waals surface area contributed by atoms with Crippen LogP contribution in [0.5, 0.6) is 0 Å². The molecule has 0 N–H and O–H groups in total. The molecule has 2 heterocycles. The van der Waals surface area contributed by atoms with Crippen molar-refractivity contribution in [2.75, 3.05) is 0 Å². The molecule has 0 atom stereocenters. The van der Waals surface area contributed by atoms with Crippen molar-refractivity contribution in [3.63, 3.8) is 0 Å². The minimum Gasteiger partial charge on any atom is -0.319 e. The van der Waals surface area contributed by atoms with E-state index in [1.54, 1.807) is 7.05 Å². The Hall–Kier alpha value is -3.14. The van der Waals surface area contributed by atoms with Crippen LogP contribution in [-0.4, -0.2) is 14.3 Å². The van der Waals surface area contributed by atoms with Crippen molar-refractivity contribution >= 4 is 10.8 Å². The van der Waals surface area contributed by atoms with Crippen molar-refractivity contribution in [3.8, 4) is 16.9 Å². The number of rotatable bonds is 2. The van der Waals surface area contributed by atoms with Gasteiger partial charge in [0, 0.05) is 35.1 Å². The number of nitrogens with zero attached hydrogens (tertiary/aromatic N) is 3. The molecule has 0 bridgehead atoms. The maximum Gasteiger partial charge on any atom is 0.274 e. The lowest BCUT2D eigenvalue weighted by Crippen LogP contribution is -2.20. The minimum absolute atomic E-state index is 0.0745. The van der Waals surface area contributed by atoms with Gasteiger partial charge < -0.3 is 4.57 Å². The smallest absolute Gasteiger partial charge is 0.274 e. The number of hydrogen-bond acceptors (Lipinski definition) is 2. The van der Waals surface area contributed by atoms with Gasteiger partial charge in [-0.25, -0.2) is 4.68 Å². The molecule has 124 valence electrons. The minimum atomic E-state index is -0.0745. The van der Waals surface area contributed by atoms with Gasteiger partial charge in [-0.15, -0.1) is 0 Å². The maximum atomic E-state index is 12.3. The summed E-state index contributed by atoms with van der Waals surface area (Å²) in [5.74, 6) is 0. The molecule has 0 saturated heterocycles. The molecule has 0 aliphatic heterocycles. The zero-order valence-electron chi connectivity index (χ0n) is 14.5. The fraction of sp³-hybridized carbons (Fsp3) is 0.143. The Morgan fingerprint density at radius 1 is 0.800 bits per heavy atom. The van der Waals surface area contributed by atoms with Crippen molar-refractivity contribution in [1.82, 2.24) is 14.3 Å². The number of benzene rings is 2. The SMILES string of the molecule is Cc1ccc(C)n1-c1ccc(-c2nn(C)c(=O)c3ccccc23)cc1. The van der Waals surface area contributed by atoms with Crippen molar-refractivity contribution in [1.29, 1.82) is 0 Å². The summed E-state index contributed by atoms with van der Waals surface area (Å²) in [5.41, 5.74) is 5.28. The second-order valence-electron chi connectivity index (χ2n) is 6.32. The Kier molecular flexibility index (Phi) is 3.53. The molecule has 0 amide bonds. The topological polar surface area (TPSA) is 39.8 Å². The van der Waals surface area contributed by atoms with Gasteiger partial charge in [0.1, 0.15) is 0 Å². The molecule has 2 aromatic carbocycles. The summed E-state index contributed by atoms with van der Waals surface area (Å²) in [5, 5.41) is 6.07. The van der Waals surface area contributed by atoms with Gasteiger partial charge in [0.15, 0.2) is 0 Å². The van der Waals surface area contributed by atoms with Crippen LogP contribution in [0.4, 0.5) is 0 Å². The third-order valence-electron chi connectivity index (χ3n) is 4.63. The Balaban J connectivity index is 1.88. The van der Waals surface area contributed by atoms with Crippen LogP contribution >= 0.6 is 0 Å². The molecule has 4 rings (SSSR count). The third-order valence-corrected chi connectivity index (χ3v) is 4.63. The van der Waals surface area contributed by atoms with Crippen molar-refractivity contribution in [2.24, 2.45) is 7.05 Å². The van der Waals surface area contributed by atoms with Gasteiger partial charge in [-0.05, 0) is 44.2 Å². The molecule has 4 aromatic rings. The fourth-order valence-corrected chi connectivity index (χ4v) is 3.36. The largest absolute Gasteiger partial charge is 0.319 e. The highest BCUT2D eigenvalue weighted by Gasteiger charge is 2.11. The second kappa shape index (κ2) is 5.74. The van der Waals surface area contributed by atoms with E-state index in [0.717, 1.165) is 22.3 Å². The summed E-state index contributed by atoms with van der Waals surface area (Å²) in [6, 6.07) is 20.2. The molecule has 0 spiro atoms. The Bertz CT molecular complexity index is 1110. The second-order valence-corrected chi connectivity index (χ2v) is 6.32. The average Bonchev–Trinajstić information content (AvgIpc) is 2.97. The number of hydrogen-bond donors (Lipinski definition) is 0. The van der Waals surface area contributed by atoms with E-state index in [0.29, 0.717) is 5.39 Å². The molecule has 0 aliphatic rings. The zero-order valence-corrected chi connectivity index (χ0v) is 14.5. The van der Waals surface area contributed by atoms with Gasteiger partial charge in [-0.1, -0.05) is 30.3 Å². The van der Waals surface area contributed by atoms with Gasteiger partial charge in [0.05, 0.1) is 11.1 Å². The van der Waals surface area contributed by atoms with E-state index in [4.69, 9.17) is 0 Å². The van der Waals surface area contributed by atoms with E-state index in [1.165, 1.54) is 16.1 Å². The Morgan fingerprint density at radius 3 is 2.04 bits per heavy atom. The summed E-state index contributed by atoms with van der Waals surface area (Å²) >= 11 is 0. The standard InChI is InChI=1S/C21H19N3O/c1-14-8-9-15(2)24(14)17-12-10-16(11-13-17)20-18-6-4-5-7-19(18)21(25)23(3)22-20/h4-13H,1-3H3. The zero-order chi connectivity index (χ0) is 17.6. The summed E-state index contributed by atoms with van der Waals surface area (Å²) in [7, 11) is 1.69. The summed E-state index contributed by atoms with van der Waals surface area (Å²) in [6.07, 6.45) is 0. The lowest BCUT2D eigenvalue weighted by Gasteiger charge is -2.12. The molecular weight excluding hydrogens is 310 g/mol. The van der Waals surface area contributed by atoms with E-state index in [1.807, 2.05) is 24.3 Å². The van der Waals surface area contributed by atoms with Crippen LogP contribution in [0, 0.1) is 13.8 Å². The third kappa shape index (κ3) is 2.47. The molecule has 0 aliphatic carbocycles. The number of aromatic nitrogens is 3. The van der Waals surface area contributed by atoms with E-state index in [2.05, 4.69) is 59.9 Å². The number of aryl methyl sites for hydroxylation is 3. The molecular formula is C21H19N3O. The van der Waals surface area contributed by atoms with Crippen LogP contribution in [0.3, 0.4) is 0 Å². The van der Waals surface area contributed by atoms with Gasteiger partial charge in [0.2, 0.25) is 0 Å². The monoisotopic (exact) mass is 329 g/mol. The summed E-state index contributed by atoms with van der Waals surface area (Å²) < 4.78 is 3.63. The van der Waals surface area contributed by atoms with Gasteiger partial charge >= 0.3 is 0 Å².